The van der Waals surface area contributed by atoms with E-state index in [1.165, 1.54) is 6.33 Å². The summed E-state index contributed by atoms with van der Waals surface area (Å²) >= 11 is 6.72. The first-order valence-corrected chi connectivity index (χ1v) is 6.18. The Morgan fingerprint density at radius 3 is 2.69 bits per heavy atom. The quantitative estimate of drug-likeness (QED) is 0.799. The van der Waals surface area contributed by atoms with Gasteiger partial charge in [0.2, 0.25) is 5.88 Å². The molecule has 0 fully saturated rings. The minimum Gasteiger partial charge on any atom is -0.473 e. The molecule has 0 saturated heterocycles. The molecule has 1 heterocycles. The zero-order valence-electron chi connectivity index (χ0n) is 8.23. The van der Waals surface area contributed by atoms with Crippen LogP contribution in [-0.2, 0) is 6.61 Å². The van der Waals surface area contributed by atoms with E-state index in [-0.39, 0.29) is 0 Å². The van der Waals surface area contributed by atoms with Crippen LogP contribution in [0, 0.1) is 0 Å². The Morgan fingerprint density at radius 2 is 1.94 bits per heavy atom. The Hall–Kier alpha value is -0.940. The second-order valence-electron chi connectivity index (χ2n) is 3.06. The molecule has 2 rings (SSSR count). The fourth-order valence-electron chi connectivity index (χ4n) is 1.16. The molecule has 0 unspecified atom stereocenters. The third-order valence-corrected chi connectivity index (χ3v) is 3.15. The summed E-state index contributed by atoms with van der Waals surface area (Å²) in [7, 11) is 0. The van der Waals surface area contributed by atoms with E-state index in [4.69, 9.17) is 4.74 Å². The third kappa shape index (κ3) is 3.02. The van der Waals surface area contributed by atoms with Gasteiger partial charge in [-0.05, 0) is 22.0 Å². The Balaban J connectivity index is 2.05. The van der Waals surface area contributed by atoms with Crippen LogP contribution in [0.5, 0.6) is 5.88 Å². The molecule has 0 aliphatic rings. The average molecular weight is 344 g/mol. The van der Waals surface area contributed by atoms with Crippen molar-refractivity contribution >= 4 is 31.9 Å². The van der Waals surface area contributed by atoms with Gasteiger partial charge in [0.25, 0.3) is 0 Å². The Labute approximate surface area is 110 Å². The van der Waals surface area contributed by atoms with E-state index in [2.05, 4.69) is 41.8 Å². The number of rotatable bonds is 3. The molecule has 0 radical (unpaired) electrons. The van der Waals surface area contributed by atoms with Crippen molar-refractivity contribution in [1.82, 2.24) is 9.97 Å². The summed E-state index contributed by atoms with van der Waals surface area (Å²) in [6.45, 7) is 0.477. The average Bonchev–Trinajstić information content (AvgIpc) is 2.28. The smallest absolute Gasteiger partial charge is 0.217 e. The van der Waals surface area contributed by atoms with Crippen LogP contribution in [0.25, 0.3) is 0 Å². The highest BCUT2D eigenvalue weighted by Gasteiger charge is 2.01. The van der Waals surface area contributed by atoms with Gasteiger partial charge in [-0.3, -0.25) is 0 Å². The summed E-state index contributed by atoms with van der Waals surface area (Å²) in [4.78, 5) is 7.93. The molecular formula is C11H8Br2N2O. The van der Waals surface area contributed by atoms with Gasteiger partial charge in [-0.2, -0.15) is 0 Å². The first-order chi connectivity index (χ1) is 7.75. The molecule has 0 atom stereocenters. The van der Waals surface area contributed by atoms with Crippen LogP contribution in [0.3, 0.4) is 0 Å². The fourth-order valence-corrected chi connectivity index (χ4v) is 1.85. The van der Waals surface area contributed by atoms with Crippen molar-refractivity contribution in [3.8, 4) is 5.88 Å². The van der Waals surface area contributed by atoms with Gasteiger partial charge in [0.05, 0.1) is 0 Å². The molecular weight excluding hydrogens is 336 g/mol. The van der Waals surface area contributed by atoms with Crippen LogP contribution in [0.15, 0.2) is 45.7 Å². The van der Waals surface area contributed by atoms with Crippen LogP contribution < -0.4 is 4.74 Å². The minimum atomic E-state index is 0.477. The zero-order chi connectivity index (χ0) is 11.4. The van der Waals surface area contributed by atoms with Gasteiger partial charge in [-0.15, -0.1) is 0 Å². The van der Waals surface area contributed by atoms with E-state index < -0.39 is 0 Å². The number of halogens is 2. The topological polar surface area (TPSA) is 35.0 Å². The summed E-state index contributed by atoms with van der Waals surface area (Å²) < 4.78 is 7.29. The first kappa shape index (κ1) is 11.5. The van der Waals surface area contributed by atoms with E-state index in [9.17, 15) is 0 Å². The number of nitrogens with zero attached hydrogens (tertiary/aromatic N) is 2. The molecule has 1 aromatic heterocycles. The van der Waals surface area contributed by atoms with E-state index in [1.54, 1.807) is 6.07 Å². The predicted molar refractivity (Wildman–Crippen MR) is 68.2 cm³/mol. The highest BCUT2D eigenvalue weighted by atomic mass is 79.9. The van der Waals surface area contributed by atoms with Gasteiger partial charge in [-0.25, -0.2) is 9.97 Å². The Bertz CT molecular complexity index is 491. The minimum absolute atomic E-state index is 0.477. The van der Waals surface area contributed by atoms with Crippen molar-refractivity contribution in [3.63, 3.8) is 0 Å². The molecule has 5 heteroatoms. The number of benzene rings is 1. The zero-order valence-corrected chi connectivity index (χ0v) is 11.4. The second-order valence-corrected chi connectivity index (χ2v) is 4.73. The lowest BCUT2D eigenvalue weighted by Crippen LogP contribution is -1.98. The SMILES string of the molecule is Brc1cc(OCc2ccccc2Br)ncn1. The molecule has 0 saturated carbocycles. The van der Waals surface area contributed by atoms with Crippen LogP contribution in [0.2, 0.25) is 0 Å². The van der Waals surface area contributed by atoms with Crippen molar-refractivity contribution in [2.45, 2.75) is 6.61 Å². The standard InChI is InChI=1S/C11H8Br2N2O/c12-9-4-2-1-3-8(9)6-16-11-5-10(13)14-7-15-11/h1-5,7H,6H2. The van der Waals surface area contributed by atoms with Crippen LogP contribution >= 0.6 is 31.9 Å². The normalized spacial score (nSPS) is 10.1. The number of hydrogen-bond acceptors (Lipinski definition) is 3. The third-order valence-electron chi connectivity index (χ3n) is 1.94. The number of aromatic nitrogens is 2. The summed E-state index contributed by atoms with van der Waals surface area (Å²) in [5.74, 6) is 0.553. The lowest BCUT2D eigenvalue weighted by molar-refractivity contribution is 0.292. The van der Waals surface area contributed by atoms with Crippen LogP contribution in [-0.4, -0.2) is 9.97 Å². The van der Waals surface area contributed by atoms with Gasteiger partial charge < -0.3 is 4.74 Å². The second kappa shape index (κ2) is 5.41. The summed E-state index contributed by atoms with van der Waals surface area (Å²) in [5, 5.41) is 0. The molecule has 0 bridgehead atoms. The van der Waals surface area contributed by atoms with E-state index in [0.29, 0.717) is 17.1 Å². The fraction of sp³-hybridized carbons (Fsp3) is 0.0909. The Kier molecular flexibility index (Phi) is 3.90. The molecule has 3 nitrogen and oxygen atoms in total. The van der Waals surface area contributed by atoms with Crippen molar-refractivity contribution in [2.75, 3.05) is 0 Å². The van der Waals surface area contributed by atoms with Gasteiger partial charge in [-0.1, -0.05) is 34.1 Å². The van der Waals surface area contributed by atoms with Gasteiger partial charge in [0, 0.05) is 16.1 Å². The maximum atomic E-state index is 5.54. The molecule has 0 amide bonds. The number of ether oxygens (including phenoxy) is 1. The monoisotopic (exact) mass is 342 g/mol. The maximum absolute atomic E-state index is 5.54. The molecule has 0 aliphatic heterocycles. The molecule has 1 aromatic carbocycles. The van der Waals surface area contributed by atoms with Crippen molar-refractivity contribution < 1.29 is 4.74 Å². The van der Waals surface area contributed by atoms with Crippen LogP contribution in [0.1, 0.15) is 5.56 Å². The van der Waals surface area contributed by atoms with Gasteiger partial charge in [0.1, 0.15) is 17.5 Å². The maximum Gasteiger partial charge on any atom is 0.217 e. The number of hydrogen-bond donors (Lipinski definition) is 0. The predicted octanol–water partition coefficient (Wildman–Crippen LogP) is 3.58. The summed E-state index contributed by atoms with van der Waals surface area (Å²) in [5.41, 5.74) is 1.08. The molecule has 16 heavy (non-hydrogen) atoms. The van der Waals surface area contributed by atoms with E-state index >= 15 is 0 Å². The summed E-state index contributed by atoms with van der Waals surface area (Å²) in [6, 6.07) is 9.65. The van der Waals surface area contributed by atoms with E-state index in [1.807, 2.05) is 24.3 Å². The highest BCUT2D eigenvalue weighted by Crippen LogP contribution is 2.18. The largest absolute Gasteiger partial charge is 0.473 e. The molecule has 0 spiro atoms. The molecule has 82 valence electrons. The highest BCUT2D eigenvalue weighted by molar-refractivity contribution is 9.10. The lowest BCUT2D eigenvalue weighted by atomic mass is 10.2. The molecule has 2 aromatic rings. The van der Waals surface area contributed by atoms with Crippen molar-refractivity contribution in [1.29, 1.82) is 0 Å². The Morgan fingerprint density at radius 1 is 1.12 bits per heavy atom. The van der Waals surface area contributed by atoms with Crippen LogP contribution in [0.4, 0.5) is 0 Å². The van der Waals surface area contributed by atoms with E-state index in [0.717, 1.165) is 10.0 Å². The van der Waals surface area contributed by atoms with Gasteiger partial charge in [0.15, 0.2) is 0 Å². The summed E-state index contributed by atoms with van der Waals surface area (Å²) in [6.07, 6.45) is 1.46. The van der Waals surface area contributed by atoms with Crippen molar-refractivity contribution in [2.24, 2.45) is 0 Å². The van der Waals surface area contributed by atoms with Gasteiger partial charge >= 0.3 is 0 Å². The first-order valence-electron chi connectivity index (χ1n) is 4.59. The molecule has 0 N–H and O–H groups in total. The van der Waals surface area contributed by atoms with Crippen molar-refractivity contribution in [3.05, 3.63) is 51.3 Å². The lowest BCUT2D eigenvalue weighted by Gasteiger charge is -2.06. The molecule has 0 aliphatic carbocycles.